The van der Waals surface area contributed by atoms with Crippen molar-refractivity contribution >= 4 is 33.4 Å². The highest BCUT2D eigenvalue weighted by Crippen LogP contribution is 2.41. The molecule has 1 saturated heterocycles. The molecule has 1 aromatic carbocycles. The van der Waals surface area contributed by atoms with Crippen molar-refractivity contribution in [1.29, 1.82) is 0 Å². The molecule has 124 valence electrons. The first-order valence-corrected chi connectivity index (χ1v) is 9.11. The highest BCUT2D eigenvalue weighted by Gasteiger charge is 2.49. The molecule has 1 N–H and O–H groups in total. The van der Waals surface area contributed by atoms with Crippen molar-refractivity contribution in [2.45, 2.75) is 33.1 Å². The Morgan fingerprint density at radius 1 is 1.22 bits per heavy atom. The minimum atomic E-state index is -0.171. The van der Waals surface area contributed by atoms with E-state index in [4.69, 9.17) is 0 Å². The van der Waals surface area contributed by atoms with Crippen molar-refractivity contribution in [3.63, 3.8) is 0 Å². The summed E-state index contributed by atoms with van der Waals surface area (Å²) < 4.78 is 0.874. The molecule has 1 saturated carbocycles. The van der Waals surface area contributed by atoms with Crippen LogP contribution in [0.5, 0.6) is 0 Å². The van der Waals surface area contributed by atoms with E-state index in [2.05, 4.69) is 28.2 Å². The summed E-state index contributed by atoms with van der Waals surface area (Å²) in [6.07, 6.45) is 2.83. The molecule has 1 aliphatic heterocycles. The average Bonchev–Trinajstić information content (AvgIpc) is 3.31. The molecule has 2 aliphatic rings. The number of aryl methyl sites for hydroxylation is 1. The largest absolute Gasteiger partial charge is 0.342 e. The van der Waals surface area contributed by atoms with Gasteiger partial charge in [-0.3, -0.25) is 9.59 Å². The van der Waals surface area contributed by atoms with E-state index in [9.17, 15) is 9.59 Å². The molecule has 23 heavy (non-hydrogen) atoms. The minimum absolute atomic E-state index is 0.0433. The van der Waals surface area contributed by atoms with Crippen molar-refractivity contribution in [2.24, 2.45) is 17.8 Å². The van der Waals surface area contributed by atoms with Crippen molar-refractivity contribution in [3.8, 4) is 0 Å². The lowest BCUT2D eigenvalue weighted by atomic mass is 9.99. The second-order valence-corrected chi connectivity index (χ2v) is 7.78. The van der Waals surface area contributed by atoms with E-state index >= 15 is 0 Å². The van der Waals surface area contributed by atoms with Crippen LogP contribution in [0.3, 0.4) is 0 Å². The number of rotatable bonds is 3. The summed E-state index contributed by atoms with van der Waals surface area (Å²) in [5, 5.41) is 2.94. The highest BCUT2D eigenvalue weighted by molar-refractivity contribution is 9.10. The van der Waals surface area contributed by atoms with Crippen LogP contribution in [0.25, 0.3) is 0 Å². The van der Waals surface area contributed by atoms with Crippen LogP contribution in [-0.2, 0) is 9.59 Å². The summed E-state index contributed by atoms with van der Waals surface area (Å²) in [4.78, 5) is 26.8. The van der Waals surface area contributed by atoms with Gasteiger partial charge < -0.3 is 10.2 Å². The summed E-state index contributed by atoms with van der Waals surface area (Å²) in [5.41, 5.74) is 1.90. The molecule has 3 rings (SSSR count). The van der Waals surface area contributed by atoms with Gasteiger partial charge in [0.1, 0.15) is 0 Å². The van der Waals surface area contributed by atoms with Gasteiger partial charge in [-0.05, 0) is 65.7 Å². The van der Waals surface area contributed by atoms with Crippen LogP contribution < -0.4 is 5.32 Å². The quantitative estimate of drug-likeness (QED) is 0.873. The Morgan fingerprint density at radius 3 is 2.57 bits per heavy atom. The maximum absolute atomic E-state index is 12.5. The maximum Gasteiger partial charge on any atom is 0.228 e. The number of hydrogen-bond acceptors (Lipinski definition) is 2. The fraction of sp³-hybridized carbons (Fsp3) is 0.556. The van der Waals surface area contributed by atoms with E-state index in [0.29, 0.717) is 12.3 Å². The third kappa shape index (κ3) is 3.77. The van der Waals surface area contributed by atoms with Crippen molar-refractivity contribution in [1.82, 2.24) is 4.90 Å². The van der Waals surface area contributed by atoms with Gasteiger partial charge in [0.25, 0.3) is 0 Å². The zero-order valence-corrected chi connectivity index (χ0v) is 15.2. The Bertz CT molecular complexity index is 623. The van der Waals surface area contributed by atoms with Gasteiger partial charge in [0.2, 0.25) is 11.8 Å². The summed E-state index contributed by atoms with van der Waals surface area (Å²) in [6.45, 7) is 5.92. The number of amides is 2. The van der Waals surface area contributed by atoms with Crippen LogP contribution in [0.4, 0.5) is 5.69 Å². The molecule has 2 amide bonds. The number of likely N-dealkylation sites (tertiary alicyclic amines) is 1. The van der Waals surface area contributed by atoms with Gasteiger partial charge in [-0.2, -0.15) is 0 Å². The molecule has 5 heteroatoms. The van der Waals surface area contributed by atoms with Gasteiger partial charge in [0.05, 0.1) is 17.5 Å². The van der Waals surface area contributed by atoms with E-state index in [1.54, 1.807) is 0 Å². The standard InChI is InChI=1S/C18H23BrN2O2/c1-11-5-7-21(8-6-11)18(23)14-10-13(14)17(22)20-16-4-3-12(2)9-15(16)19/h3-4,9,11,13-14H,5-8,10H2,1-2H3,(H,20,22). The van der Waals surface area contributed by atoms with E-state index in [-0.39, 0.29) is 23.7 Å². The fourth-order valence-corrected chi connectivity index (χ4v) is 3.76. The number of nitrogens with one attached hydrogen (secondary N) is 1. The average molecular weight is 379 g/mol. The van der Waals surface area contributed by atoms with Gasteiger partial charge in [-0.1, -0.05) is 13.0 Å². The molecule has 0 aromatic heterocycles. The van der Waals surface area contributed by atoms with E-state index in [1.807, 2.05) is 30.0 Å². The topological polar surface area (TPSA) is 49.4 Å². The van der Waals surface area contributed by atoms with E-state index < -0.39 is 0 Å². The predicted molar refractivity (Wildman–Crippen MR) is 94.1 cm³/mol. The second-order valence-electron chi connectivity index (χ2n) is 6.93. The van der Waals surface area contributed by atoms with Crippen molar-refractivity contribution in [2.75, 3.05) is 18.4 Å². The molecule has 4 nitrogen and oxygen atoms in total. The second kappa shape index (κ2) is 6.63. The first-order valence-electron chi connectivity index (χ1n) is 8.31. The number of carbonyl (C=O) groups excluding carboxylic acids is 2. The Hall–Kier alpha value is -1.36. The Labute approximate surface area is 145 Å². The first kappa shape index (κ1) is 16.5. The third-order valence-corrected chi connectivity index (χ3v) is 5.58. The lowest BCUT2D eigenvalue weighted by Gasteiger charge is -2.30. The maximum atomic E-state index is 12.5. The molecule has 1 aliphatic carbocycles. The number of nitrogens with zero attached hydrogens (tertiary/aromatic N) is 1. The van der Waals surface area contributed by atoms with Crippen LogP contribution in [0, 0.1) is 24.7 Å². The Kier molecular flexibility index (Phi) is 4.76. The molecule has 1 aromatic rings. The Morgan fingerprint density at radius 2 is 1.91 bits per heavy atom. The molecular formula is C18H23BrN2O2. The van der Waals surface area contributed by atoms with Gasteiger partial charge in [-0.15, -0.1) is 0 Å². The van der Waals surface area contributed by atoms with Crippen LogP contribution >= 0.6 is 15.9 Å². The SMILES string of the molecule is Cc1ccc(NC(=O)C2CC2C(=O)N2CCC(C)CC2)c(Br)c1. The number of carbonyl (C=O) groups is 2. The monoisotopic (exact) mass is 378 g/mol. The van der Waals surface area contributed by atoms with Crippen LogP contribution in [0.2, 0.25) is 0 Å². The van der Waals surface area contributed by atoms with Gasteiger partial charge in [0, 0.05) is 17.6 Å². The molecule has 2 atom stereocenters. The smallest absolute Gasteiger partial charge is 0.228 e. The number of halogens is 1. The number of hydrogen-bond donors (Lipinski definition) is 1. The van der Waals surface area contributed by atoms with E-state index in [0.717, 1.165) is 41.7 Å². The van der Waals surface area contributed by atoms with Gasteiger partial charge in [-0.25, -0.2) is 0 Å². The minimum Gasteiger partial charge on any atom is -0.342 e. The Balaban J connectivity index is 1.55. The van der Waals surface area contributed by atoms with Crippen LogP contribution in [0.15, 0.2) is 22.7 Å². The van der Waals surface area contributed by atoms with Crippen LogP contribution in [-0.4, -0.2) is 29.8 Å². The third-order valence-electron chi connectivity index (χ3n) is 4.92. The summed E-state index contributed by atoms with van der Waals surface area (Å²) >= 11 is 3.47. The molecule has 0 radical (unpaired) electrons. The molecule has 2 fully saturated rings. The highest BCUT2D eigenvalue weighted by atomic mass is 79.9. The van der Waals surface area contributed by atoms with Gasteiger partial charge in [0.15, 0.2) is 0 Å². The summed E-state index contributed by atoms with van der Waals surface area (Å²) in [6, 6.07) is 5.83. The number of benzene rings is 1. The lowest BCUT2D eigenvalue weighted by Crippen LogP contribution is -2.39. The zero-order valence-electron chi connectivity index (χ0n) is 13.6. The van der Waals surface area contributed by atoms with E-state index in [1.165, 1.54) is 0 Å². The first-order chi connectivity index (χ1) is 11.0. The lowest BCUT2D eigenvalue weighted by molar-refractivity contribution is -0.135. The normalized spacial score (nSPS) is 24.4. The van der Waals surface area contributed by atoms with Gasteiger partial charge >= 0.3 is 0 Å². The molecular weight excluding hydrogens is 356 g/mol. The predicted octanol–water partition coefficient (Wildman–Crippen LogP) is 3.59. The number of piperidine rings is 1. The molecule has 2 unspecified atom stereocenters. The molecule has 0 bridgehead atoms. The number of anilines is 1. The fourth-order valence-electron chi connectivity index (χ4n) is 3.17. The van der Waals surface area contributed by atoms with Crippen molar-refractivity contribution in [3.05, 3.63) is 28.2 Å². The summed E-state index contributed by atoms with van der Waals surface area (Å²) in [5.74, 6) is 0.539. The molecule has 1 heterocycles. The zero-order chi connectivity index (χ0) is 16.6. The summed E-state index contributed by atoms with van der Waals surface area (Å²) in [7, 11) is 0. The van der Waals surface area contributed by atoms with Crippen LogP contribution in [0.1, 0.15) is 31.7 Å². The molecule has 0 spiro atoms. The van der Waals surface area contributed by atoms with Crippen molar-refractivity contribution < 1.29 is 9.59 Å².